The Labute approximate surface area is 115 Å². The summed E-state index contributed by atoms with van der Waals surface area (Å²) >= 11 is 0. The highest BCUT2D eigenvalue weighted by Gasteiger charge is 2.26. The summed E-state index contributed by atoms with van der Waals surface area (Å²) in [6.07, 6.45) is 11.5. The van der Waals surface area contributed by atoms with E-state index in [-0.39, 0.29) is 18.9 Å². The van der Waals surface area contributed by atoms with Crippen LogP contribution < -0.4 is 5.73 Å². The molecule has 0 aliphatic heterocycles. The van der Waals surface area contributed by atoms with E-state index in [1.54, 1.807) is 0 Å². The first-order chi connectivity index (χ1) is 9.04. The van der Waals surface area contributed by atoms with Gasteiger partial charge in [-0.05, 0) is 18.8 Å². The lowest BCUT2D eigenvalue weighted by Crippen LogP contribution is -2.39. The highest BCUT2D eigenvalue weighted by Crippen LogP contribution is 2.28. The van der Waals surface area contributed by atoms with Crippen molar-refractivity contribution in [1.29, 1.82) is 0 Å². The Kier molecular flexibility index (Phi) is 6.90. The van der Waals surface area contributed by atoms with Gasteiger partial charge in [-0.15, -0.1) is 12.3 Å². The van der Waals surface area contributed by atoms with Gasteiger partial charge in [0.05, 0.1) is 12.0 Å². The molecule has 4 N–H and O–H groups in total. The average Bonchev–Trinajstić information content (AvgIpc) is 2.39. The van der Waals surface area contributed by atoms with Crippen LogP contribution in [0, 0.1) is 24.2 Å². The standard InChI is InChI=1S/C15H25NO3/c1-2-6-12(15(18)19)10-14(17)13(16)9-11-7-4-3-5-8-11/h1,11-14,17H,3-10,16H2,(H,18,19). The number of rotatable bonds is 7. The molecule has 1 aliphatic rings. The zero-order chi connectivity index (χ0) is 14.3. The van der Waals surface area contributed by atoms with Gasteiger partial charge in [0, 0.05) is 12.5 Å². The molecular weight excluding hydrogens is 242 g/mol. The zero-order valence-corrected chi connectivity index (χ0v) is 11.4. The molecule has 0 aromatic rings. The number of hydrogen-bond acceptors (Lipinski definition) is 3. The molecule has 4 heteroatoms. The van der Waals surface area contributed by atoms with Gasteiger partial charge in [0.15, 0.2) is 0 Å². The van der Waals surface area contributed by atoms with Gasteiger partial charge in [-0.1, -0.05) is 32.1 Å². The summed E-state index contributed by atoms with van der Waals surface area (Å²) in [5.41, 5.74) is 6.00. The number of carbonyl (C=O) groups is 1. The fourth-order valence-corrected chi connectivity index (χ4v) is 2.84. The summed E-state index contributed by atoms with van der Waals surface area (Å²) in [5.74, 6) is 1.27. The van der Waals surface area contributed by atoms with Crippen LogP contribution in [0.15, 0.2) is 0 Å². The molecule has 19 heavy (non-hydrogen) atoms. The summed E-state index contributed by atoms with van der Waals surface area (Å²) in [5, 5.41) is 19.0. The van der Waals surface area contributed by atoms with Gasteiger partial charge in [0.1, 0.15) is 0 Å². The Bertz CT molecular complexity index is 318. The van der Waals surface area contributed by atoms with Gasteiger partial charge >= 0.3 is 5.97 Å². The van der Waals surface area contributed by atoms with Crippen LogP contribution in [-0.4, -0.2) is 28.3 Å². The van der Waals surface area contributed by atoms with E-state index in [1.165, 1.54) is 32.1 Å². The van der Waals surface area contributed by atoms with Crippen LogP contribution in [0.3, 0.4) is 0 Å². The maximum absolute atomic E-state index is 11.0. The molecule has 3 atom stereocenters. The Morgan fingerprint density at radius 3 is 2.53 bits per heavy atom. The van der Waals surface area contributed by atoms with Gasteiger partial charge in [-0.3, -0.25) is 4.79 Å². The smallest absolute Gasteiger partial charge is 0.307 e. The van der Waals surface area contributed by atoms with Crippen LogP contribution in [-0.2, 0) is 4.79 Å². The number of aliphatic carboxylic acids is 1. The van der Waals surface area contributed by atoms with Crippen molar-refractivity contribution in [2.45, 2.75) is 63.5 Å². The molecule has 1 aliphatic carbocycles. The molecule has 1 rings (SSSR count). The van der Waals surface area contributed by atoms with E-state index < -0.39 is 18.0 Å². The van der Waals surface area contributed by atoms with Crippen molar-refractivity contribution in [3.05, 3.63) is 0 Å². The van der Waals surface area contributed by atoms with E-state index in [0.717, 1.165) is 6.42 Å². The van der Waals surface area contributed by atoms with Gasteiger partial charge in [-0.25, -0.2) is 0 Å². The van der Waals surface area contributed by atoms with Crippen LogP contribution in [0.5, 0.6) is 0 Å². The van der Waals surface area contributed by atoms with Crippen molar-refractivity contribution in [2.75, 3.05) is 0 Å². The summed E-state index contributed by atoms with van der Waals surface area (Å²) in [4.78, 5) is 11.0. The lowest BCUT2D eigenvalue weighted by molar-refractivity contribution is -0.142. The van der Waals surface area contributed by atoms with Crippen molar-refractivity contribution in [1.82, 2.24) is 0 Å². The molecule has 108 valence electrons. The molecule has 0 aromatic carbocycles. The van der Waals surface area contributed by atoms with E-state index in [1.807, 2.05) is 0 Å². The Morgan fingerprint density at radius 1 is 1.37 bits per heavy atom. The molecule has 1 saturated carbocycles. The molecule has 0 bridgehead atoms. The highest BCUT2D eigenvalue weighted by atomic mass is 16.4. The van der Waals surface area contributed by atoms with Crippen molar-refractivity contribution >= 4 is 5.97 Å². The van der Waals surface area contributed by atoms with Gasteiger partial charge in [-0.2, -0.15) is 0 Å². The van der Waals surface area contributed by atoms with Gasteiger partial charge in [0.2, 0.25) is 0 Å². The second-order valence-corrected chi connectivity index (χ2v) is 5.65. The molecule has 3 unspecified atom stereocenters. The number of aliphatic hydroxyl groups is 1. The van der Waals surface area contributed by atoms with E-state index >= 15 is 0 Å². The molecule has 1 fully saturated rings. The number of terminal acetylenes is 1. The second kappa shape index (κ2) is 8.19. The largest absolute Gasteiger partial charge is 0.481 e. The third-order valence-corrected chi connectivity index (χ3v) is 4.06. The van der Waals surface area contributed by atoms with Crippen LogP contribution >= 0.6 is 0 Å². The van der Waals surface area contributed by atoms with Crippen molar-refractivity contribution < 1.29 is 15.0 Å². The average molecular weight is 267 g/mol. The Balaban J connectivity index is 2.39. The minimum atomic E-state index is -0.957. The third-order valence-electron chi connectivity index (χ3n) is 4.06. The molecule has 0 saturated heterocycles. The molecule has 0 radical (unpaired) electrons. The number of carboxylic acid groups (broad SMARTS) is 1. The monoisotopic (exact) mass is 267 g/mol. The van der Waals surface area contributed by atoms with Crippen molar-refractivity contribution in [3.8, 4) is 12.3 Å². The summed E-state index contributed by atoms with van der Waals surface area (Å²) < 4.78 is 0. The maximum atomic E-state index is 11.0. The third kappa shape index (κ3) is 5.63. The first-order valence-electron chi connectivity index (χ1n) is 7.14. The van der Waals surface area contributed by atoms with Crippen LogP contribution in [0.4, 0.5) is 0 Å². The summed E-state index contributed by atoms with van der Waals surface area (Å²) in [6.45, 7) is 0. The number of nitrogens with two attached hydrogens (primary N) is 1. The van der Waals surface area contributed by atoms with E-state index in [9.17, 15) is 9.90 Å². The van der Waals surface area contributed by atoms with Crippen LogP contribution in [0.1, 0.15) is 51.4 Å². The number of carboxylic acids is 1. The minimum absolute atomic E-state index is 0.141. The first-order valence-corrected chi connectivity index (χ1v) is 7.14. The van der Waals surface area contributed by atoms with Crippen LogP contribution in [0.25, 0.3) is 0 Å². The SMILES string of the molecule is C#CCC(CC(O)C(N)CC1CCCCC1)C(=O)O. The normalized spacial score (nSPS) is 21.3. The van der Waals surface area contributed by atoms with Crippen molar-refractivity contribution in [3.63, 3.8) is 0 Å². The number of hydrogen-bond donors (Lipinski definition) is 3. The lowest BCUT2D eigenvalue weighted by Gasteiger charge is -2.28. The molecule has 4 nitrogen and oxygen atoms in total. The highest BCUT2D eigenvalue weighted by molar-refractivity contribution is 5.70. The second-order valence-electron chi connectivity index (χ2n) is 5.65. The fourth-order valence-electron chi connectivity index (χ4n) is 2.84. The summed E-state index contributed by atoms with van der Waals surface area (Å²) in [6, 6.07) is -0.345. The van der Waals surface area contributed by atoms with Crippen molar-refractivity contribution in [2.24, 2.45) is 17.6 Å². The molecule has 0 spiro atoms. The van der Waals surface area contributed by atoms with Gasteiger partial charge in [0.25, 0.3) is 0 Å². The van der Waals surface area contributed by atoms with Crippen LogP contribution in [0.2, 0.25) is 0 Å². The summed E-state index contributed by atoms with van der Waals surface area (Å²) in [7, 11) is 0. The molecule has 0 aromatic heterocycles. The maximum Gasteiger partial charge on any atom is 0.307 e. The lowest BCUT2D eigenvalue weighted by atomic mass is 9.82. The topological polar surface area (TPSA) is 83.5 Å². The molecular formula is C15H25NO3. The predicted octanol–water partition coefficient (Wildman–Crippen LogP) is 1.76. The van der Waals surface area contributed by atoms with E-state index in [2.05, 4.69) is 5.92 Å². The fraction of sp³-hybridized carbons (Fsp3) is 0.800. The van der Waals surface area contributed by atoms with E-state index in [4.69, 9.17) is 17.3 Å². The van der Waals surface area contributed by atoms with E-state index in [0.29, 0.717) is 5.92 Å². The minimum Gasteiger partial charge on any atom is -0.481 e. The Morgan fingerprint density at radius 2 is 2.00 bits per heavy atom. The quantitative estimate of drug-likeness (QED) is 0.614. The zero-order valence-electron chi connectivity index (χ0n) is 11.4. The molecule has 0 amide bonds. The first kappa shape index (κ1) is 16.0. The molecule has 0 heterocycles. The predicted molar refractivity (Wildman–Crippen MR) is 74.4 cm³/mol. The number of aliphatic hydroxyl groups excluding tert-OH is 1. The van der Waals surface area contributed by atoms with Gasteiger partial charge < -0.3 is 15.9 Å². The Hall–Kier alpha value is -1.05.